The molecule has 1 heterocycles. The van der Waals surface area contributed by atoms with Crippen LogP contribution >= 0.6 is 11.3 Å². The molecular formula is C15H19N3O3S2. The molecule has 0 atom stereocenters. The van der Waals surface area contributed by atoms with E-state index in [-0.39, 0.29) is 17.0 Å². The lowest BCUT2D eigenvalue weighted by Gasteiger charge is -2.22. The zero-order chi connectivity index (χ0) is 16.4. The fraction of sp³-hybridized carbons (Fsp3) is 0.467. The molecule has 0 spiro atoms. The van der Waals surface area contributed by atoms with Crippen LogP contribution in [-0.2, 0) is 9.84 Å². The molecule has 0 radical (unpaired) electrons. The second-order valence-corrected chi connectivity index (χ2v) is 8.90. The Kier molecular flexibility index (Phi) is 4.54. The standard InChI is InChI=1S/C15H19N3O3S2/c1-23(20,21)11-7-8-12-13(9-11)22-15(17-12)18-14(19)16-10-5-3-2-4-6-10/h7-10H,2-6H2,1H3,(H2,16,17,18,19). The lowest BCUT2D eigenvalue weighted by molar-refractivity contribution is 0.244. The van der Waals surface area contributed by atoms with Crippen LogP contribution in [0.1, 0.15) is 32.1 Å². The van der Waals surface area contributed by atoms with Gasteiger partial charge in [-0.3, -0.25) is 5.32 Å². The molecule has 1 fully saturated rings. The number of aromatic nitrogens is 1. The Morgan fingerprint density at radius 2 is 2.00 bits per heavy atom. The van der Waals surface area contributed by atoms with Crippen molar-refractivity contribution < 1.29 is 13.2 Å². The average Bonchev–Trinajstić information content (AvgIpc) is 2.88. The van der Waals surface area contributed by atoms with Crippen molar-refractivity contribution in [2.24, 2.45) is 0 Å². The highest BCUT2D eigenvalue weighted by Gasteiger charge is 2.17. The van der Waals surface area contributed by atoms with Crippen molar-refractivity contribution in [1.29, 1.82) is 0 Å². The summed E-state index contributed by atoms with van der Waals surface area (Å²) < 4.78 is 23.9. The van der Waals surface area contributed by atoms with Crippen LogP contribution in [0.2, 0.25) is 0 Å². The number of anilines is 1. The SMILES string of the molecule is CS(=O)(=O)c1ccc2nc(NC(=O)NC3CCCCC3)sc2c1. The van der Waals surface area contributed by atoms with Crippen molar-refractivity contribution in [3.05, 3.63) is 18.2 Å². The third-order valence-corrected chi connectivity index (χ3v) is 5.99. The Morgan fingerprint density at radius 1 is 1.26 bits per heavy atom. The largest absolute Gasteiger partial charge is 0.335 e. The highest BCUT2D eigenvalue weighted by Crippen LogP contribution is 2.28. The van der Waals surface area contributed by atoms with Crippen molar-refractivity contribution in [2.45, 2.75) is 43.0 Å². The van der Waals surface area contributed by atoms with Crippen LogP contribution in [-0.4, -0.2) is 31.7 Å². The first-order chi connectivity index (χ1) is 10.9. The van der Waals surface area contributed by atoms with Crippen molar-refractivity contribution in [3.63, 3.8) is 0 Å². The molecule has 1 aliphatic rings. The number of nitrogens with zero attached hydrogens (tertiary/aromatic N) is 1. The number of hydrogen-bond acceptors (Lipinski definition) is 5. The van der Waals surface area contributed by atoms with Gasteiger partial charge < -0.3 is 5.32 Å². The summed E-state index contributed by atoms with van der Waals surface area (Å²) in [4.78, 5) is 16.6. The molecule has 0 unspecified atom stereocenters. The van der Waals surface area contributed by atoms with E-state index in [9.17, 15) is 13.2 Å². The summed E-state index contributed by atoms with van der Waals surface area (Å²) >= 11 is 1.27. The highest BCUT2D eigenvalue weighted by molar-refractivity contribution is 7.90. The van der Waals surface area contributed by atoms with Crippen molar-refractivity contribution in [2.75, 3.05) is 11.6 Å². The van der Waals surface area contributed by atoms with Crippen LogP contribution in [0.5, 0.6) is 0 Å². The predicted molar refractivity (Wildman–Crippen MR) is 91.8 cm³/mol. The van der Waals surface area contributed by atoms with E-state index in [4.69, 9.17) is 0 Å². The number of rotatable bonds is 3. The number of fused-ring (bicyclic) bond motifs is 1. The fourth-order valence-corrected chi connectivity index (χ4v) is 4.38. The third kappa shape index (κ3) is 4.00. The second kappa shape index (κ2) is 6.45. The van der Waals surface area contributed by atoms with Gasteiger partial charge in [-0.25, -0.2) is 18.2 Å². The lowest BCUT2D eigenvalue weighted by atomic mass is 9.96. The second-order valence-electron chi connectivity index (χ2n) is 5.85. The van der Waals surface area contributed by atoms with Crippen LogP contribution < -0.4 is 10.6 Å². The number of thiazole rings is 1. The molecule has 1 saturated carbocycles. The van der Waals surface area contributed by atoms with Gasteiger partial charge in [-0.05, 0) is 31.0 Å². The van der Waals surface area contributed by atoms with E-state index in [2.05, 4.69) is 15.6 Å². The van der Waals surface area contributed by atoms with E-state index >= 15 is 0 Å². The summed E-state index contributed by atoms with van der Waals surface area (Å²) in [6, 6.07) is 4.76. The van der Waals surface area contributed by atoms with Crippen molar-refractivity contribution >= 4 is 42.6 Å². The molecule has 1 aromatic carbocycles. The minimum absolute atomic E-state index is 0.231. The van der Waals surface area contributed by atoms with Gasteiger partial charge in [0.15, 0.2) is 15.0 Å². The van der Waals surface area contributed by atoms with Gasteiger partial charge in [0.2, 0.25) is 0 Å². The normalized spacial score (nSPS) is 16.4. The molecule has 2 N–H and O–H groups in total. The lowest BCUT2D eigenvalue weighted by Crippen LogP contribution is -2.38. The number of benzene rings is 1. The van der Waals surface area contributed by atoms with Crippen LogP contribution in [0.4, 0.5) is 9.93 Å². The molecule has 0 bridgehead atoms. The van der Waals surface area contributed by atoms with Gasteiger partial charge >= 0.3 is 6.03 Å². The number of sulfone groups is 1. The van der Waals surface area contributed by atoms with Gasteiger partial charge in [0.05, 0.1) is 15.1 Å². The fourth-order valence-electron chi connectivity index (χ4n) is 2.75. The summed E-state index contributed by atoms with van der Waals surface area (Å²) in [5.74, 6) is 0. The van der Waals surface area contributed by atoms with Crippen LogP contribution in [0, 0.1) is 0 Å². The first-order valence-corrected chi connectivity index (χ1v) is 10.3. The number of hydrogen-bond donors (Lipinski definition) is 2. The molecule has 2 amide bonds. The maximum absolute atomic E-state index is 12.0. The van der Waals surface area contributed by atoms with Gasteiger partial charge in [0, 0.05) is 12.3 Å². The topological polar surface area (TPSA) is 88.2 Å². The Labute approximate surface area is 139 Å². The van der Waals surface area contributed by atoms with E-state index < -0.39 is 9.84 Å². The maximum atomic E-state index is 12.0. The number of amides is 2. The third-order valence-electron chi connectivity index (χ3n) is 3.95. The van der Waals surface area contributed by atoms with Gasteiger partial charge in [-0.2, -0.15) is 0 Å². The van der Waals surface area contributed by atoms with E-state index in [0.717, 1.165) is 30.4 Å². The monoisotopic (exact) mass is 353 g/mol. The molecular weight excluding hydrogens is 334 g/mol. The first-order valence-electron chi connectivity index (χ1n) is 7.60. The Balaban J connectivity index is 1.71. The summed E-state index contributed by atoms with van der Waals surface area (Å²) in [7, 11) is -3.25. The molecule has 1 aliphatic carbocycles. The zero-order valence-corrected chi connectivity index (χ0v) is 14.5. The molecule has 124 valence electrons. The number of nitrogens with one attached hydrogen (secondary N) is 2. The Bertz CT molecular complexity index is 824. The minimum Gasteiger partial charge on any atom is -0.335 e. The molecule has 0 aliphatic heterocycles. The molecule has 8 heteroatoms. The van der Waals surface area contributed by atoms with Crippen LogP contribution in [0.25, 0.3) is 10.2 Å². The van der Waals surface area contributed by atoms with Crippen molar-refractivity contribution in [3.8, 4) is 0 Å². The summed E-state index contributed by atoms with van der Waals surface area (Å²) in [6.07, 6.45) is 6.75. The Hall–Kier alpha value is -1.67. The number of urea groups is 1. The number of carbonyl (C=O) groups excluding carboxylic acids is 1. The first kappa shape index (κ1) is 16.2. The summed E-state index contributed by atoms with van der Waals surface area (Å²) in [5.41, 5.74) is 0.676. The molecule has 2 aromatic rings. The van der Waals surface area contributed by atoms with Gasteiger partial charge in [-0.15, -0.1) is 0 Å². The van der Waals surface area contributed by atoms with Crippen LogP contribution in [0.15, 0.2) is 23.1 Å². The average molecular weight is 353 g/mol. The Morgan fingerprint density at radius 3 is 2.70 bits per heavy atom. The summed E-state index contributed by atoms with van der Waals surface area (Å²) in [5, 5.41) is 6.18. The molecule has 1 aromatic heterocycles. The van der Waals surface area contributed by atoms with E-state index in [1.165, 1.54) is 30.1 Å². The minimum atomic E-state index is -3.25. The van der Waals surface area contributed by atoms with Crippen molar-refractivity contribution in [1.82, 2.24) is 10.3 Å². The van der Waals surface area contributed by atoms with Gasteiger partial charge in [0.1, 0.15) is 0 Å². The molecule has 23 heavy (non-hydrogen) atoms. The molecule has 0 saturated heterocycles. The number of carbonyl (C=O) groups is 1. The van der Waals surface area contributed by atoms with Crippen LogP contribution in [0.3, 0.4) is 0 Å². The zero-order valence-electron chi connectivity index (χ0n) is 12.8. The molecule has 6 nitrogen and oxygen atoms in total. The predicted octanol–water partition coefficient (Wildman–Crippen LogP) is 3.15. The highest BCUT2D eigenvalue weighted by atomic mass is 32.2. The molecule has 3 rings (SSSR count). The van der Waals surface area contributed by atoms with Gasteiger partial charge in [0.25, 0.3) is 0 Å². The van der Waals surface area contributed by atoms with E-state index in [1.807, 2.05) is 0 Å². The van der Waals surface area contributed by atoms with E-state index in [1.54, 1.807) is 12.1 Å². The maximum Gasteiger partial charge on any atom is 0.321 e. The quantitative estimate of drug-likeness (QED) is 0.887. The van der Waals surface area contributed by atoms with E-state index in [0.29, 0.717) is 10.6 Å². The smallest absolute Gasteiger partial charge is 0.321 e. The van der Waals surface area contributed by atoms with Gasteiger partial charge in [-0.1, -0.05) is 30.6 Å². The summed E-state index contributed by atoms with van der Waals surface area (Å²) in [6.45, 7) is 0.